The van der Waals surface area contributed by atoms with Crippen LogP contribution >= 0.6 is 28.6 Å². The van der Waals surface area contributed by atoms with Crippen molar-refractivity contribution in [3.8, 4) is 0 Å². The van der Waals surface area contributed by atoms with Crippen LogP contribution in [0.4, 0.5) is 0 Å². The molecule has 146 valence electrons. The Hall–Kier alpha value is -0.130. The first kappa shape index (κ1) is 24.9. The van der Waals surface area contributed by atoms with Crippen molar-refractivity contribution >= 4 is 28.6 Å². The lowest BCUT2D eigenvalue weighted by molar-refractivity contribution is -0.106. The summed E-state index contributed by atoms with van der Waals surface area (Å²) < 4.78 is 34.0. The molecule has 0 aliphatic rings. The predicted molar refractivity (Wildman–Crippen MR) is 105 cm³/mol. The first-order valence-corrected chi connectivity index (χ1v) is 11.4. The van der Waals surface area contributed by atoms with Gasteiger partial charge in [0.05, 0.1) is 50.2 Å². The van der Waals surface area contributed by atoms with Gasteiger partial charge in [0.15, 0.2) is 0 Å². The summed E-state index contributed by atoms with van der Waals surface area (Å²) >= 11 is 11.1. The lowest BCUT2D eigenvalue weighted by atomic mass is 9.92. The van der Waals surface area contributed by atoms with E-state index >= 15 is 0 Å². The van der Waals surface area contributed by atoms with Crippen molar-refractivity contribution in [2.75, 3.05) is 26.4 Å². The molecule has 25 heavy (non-hydrogen) atoms. The van der Waals surface area contributed by atoms with Crippen LogP contribution in [-0.2, 0) is 23.3 Å². The Morgan fingerprint density at radius 1 is 0.840 bits per heavy atom. The lowest BCUT2D eigenvalue weighted by Crippen LogP contribution is -2.43. The fourth-order valence-electron chi connectivity index (χ4n) is 1.59. The van der Waals surface area contributed by atoms with Gasteiger partial charge in [0.2, 0.25) is 0 Å². The molecular formula is C17H29Cl2O5P. The quantitative estimate of drug-likeness (QED) is 0.267. The molecular weight excluding hydrogens is 386 g/mol. The molecule has 5 nitrogen and oxygen atoms in total. The predicted octanol–water partition coefficient (Wildman–Crippen LogP) is 5.35. The van der Waals surface area contributed by atoms with Crippen molar-refractivity contribution in [1.29, 1.82) is 0 Å². The number of hydrogen-bond donors (Lipinski definition) is 0. The molecule has 0 spiro atoms. The molecule has 0 radical (unpaired) electrons. The molecule has 0 saturated carbocycles. The third-order valence-electron chi connectivity index (χ3n) is 3.47. The van der Waals surface area contributed by atoms with Gasteiger partial charge >= 0.3 is 6.07 Å². The van der Waals surface area contributed by atoms with Crippen LogP contribution in [0.3, 0.4) is 0 Å². The maximum atomic E-state index is 11.6. The second-order valence-electron chi connectivity index (χ2n) is 5.94. The minimum atomic E-state index is -3.71. The molecule has 0 bridgehead atoms. The van der Waals surface area contributed by atoms with E-state index in [4.69, 9.17) is 41.2 Å². The molecule has 0 aliphatic heterocycles. The van der Waals surface area contributed by atoms with E-state index in [1.807, 2.05) is 20.8 Å². The van der Waals surface area contributed by atoms with Crippen LogP contribution in [0.1, 0.15) is 20.8 Å². The fraction of sp³-hybridized carbons (Fsp3) is 0.647. The minimum Gasteiger partial charge on any atom is -0.374 e. The highest BCUT2D eigenvalue weighted by atomic mass is 35.9. The van der Waals surface area contributed by atoms with E-state index in [-0.39, 0.29) is 44.7 Å². The van der Waals surface area contributed by atoms with Crippen LogP contribution in [0.5, 0.6) is 0 Å². The molecule has 0 fully saturated rings. The van der Waals surface area contributed by atoms with Gasteiger partial charge < -0.3 is 18.7 Å². The number of rotatable bonds is 15. The molecule has 8 heteroatoms. The Morgan fingerprint density at radius 3 is 1.40 bits per heavy atom. The Balaban J connectivity index is 5.31. The van der Waals surface area contributed by atoms with Crippen molar-refractivity contribution in [3.63, 3.8) is 0 Å². The number of hydrogen-bond acceptors (Lipinski definition) is 5. The summed E-state index contributed by atoms with van der Waals surface area (Å²) in [6.07, 6.45) is 0.728. The summed E-state index contributed by atoms with van der Waals surface area (Å²) in [4.78, 5) is 0. The van der Waals surface area contributed by atoms with Crippen molar-refractivity contribution < 1.29 is 23.3 Å². The van der Waals surface area contributed by atoms with Crippen LogP contribution in [-0.4, -0.2) is 44.7 Å². The standard InChI is InChI=1S/C17H29Cl2O5P/c1-7-14(4)21-10-17(11-22-15(5)8-2,12-23-16(6)9-3)13-24-25(18,19)20/h7-9,14-16H,1-3,10-13H2,4-6H3. The summed E-state index contributed by atoms with van der Waals surface area (Å²) in [6, 6.07) is 0. The lowest BCUT2D eigenvalue weighted by Gasteiger charge is -2.35. The van der Waals surface area contributed by atoms with Crippen LogP contribution in [0.15, 0.2) is 38.0 Å². The molecule has 0 amide bonds. The van der Waals surface area contributed by atoms with E-state index in [0.29, 0.717) is 0 Å². The van der Waals surface area contributed by atoms with E-state index < -0.39 is 11.5 Å². The summed E-state index contributed by atoms with van der Waals surface area (Å²) in [6.45, 7) is 17.2. The second kappa shape index (κ2) is 12.3. The van der Waals surface area contributed by atoms with E-state index in [0.717, 1.165) is 0 Å². The van der Waals surface area contributed by atoms with Gasteiger partial charge in [-0.15, -0.1) is 19.7 Å². The second-order valence-corrected chi connectivity index (χ2v) is 10.2. The molecule has 0 aromatic carbocycles. The highest BCUT2D eigenvalue weighted by Crippen LogP contribution is 2.58. The Labute approximate surface area is 161 Å². The van der Waals surface area contributed by atoms with Crippen molar-refractivity contribution in [2.24, 2.45) is 5.41 Å². The van der Waals surface area contributed by atoms with E-state index in [1.165, 1.54) is 0 Å². The zero-order valence-corrected chi connectivity index (χ0v) is 17.6. The van der Waals surface area contributed by atoms with Gasteiger partial charge in [-0.1, -0.05) is 18.2 Å². The number of halogens is 2. The average Bonchev–Trinajstić information content (AvgIpc) is 2.58. The minimum absolute atomic E-state index is 0.0606. The third kappa shape index (κ3) is 12.0. The van der Waals surface area contributed by atoms with Crippen LogP contribution in [0, 0.1) is 5.41 Å². The van der Waals surface area contributed by atoms with Crippen LogP contribution in [0.2, 0.25) is 0 Å². The monoisotopic (exact) mass is 414 g/mol. The highest BCUT2D eigenvalue weighted by Gasteiger charge is 2.36. The van der Waals surface area contributed by atoms with Gasteiger partial charge in [0.1, 0.15) is 0 Å². The van der Waals surface area contributed by atoms with Gasteiger partial charge in [-0.2, -0.15) is 0 Å². The van der Waals surface area contributed by atoms with Crippen molar-refractivity contribution in [2.45, 2.75) is 39.1 Å². The molecule has 0 aromatic rings. The largest absolute Gasteiger partial charge is 0.380 e. The molecule has 0 aliphatic carbocycles. The maximum Gasteiger partial charge on any atom is 0.380 e. The summed E-state index contributed by atoms with van der Waals surface area (Å²) in [5.74, 6) is 0. The first-order chi connectivity index (χ1) is 11.6. The molecule has 0 aromatic heterocycles. The molecule has 0 N–H and O–H groups in total. The SMILES string of the molecule is C=CC(C)OCC(COC(C)C=C)(COC(C)C=C)COP(=O)(Cl)Cl. The number of ether oxygens (including phenoxy) is 3. The van der Waals surface area contributed by atoms with Crippen LogP contribution < -0.4 is 0 Å². The fourth-order valence-corrected chi connectivity index (χ4v) is 2.31. The Morgan fingerprint density at radius 2 is 1.16 bits per heavy atom. The highest BCUT2D eigenvalue weighted by molar-refractivity contribution is 8.05. The molecule has 0 rings (SSSR count). The van der Waals surface area contributed by atoms with Gasteiger partial charge in [-0.05, 0) is 43.3 Å². The van der Waals surface area contributed by atoms with Crippen molar-refractivity contribution in [3.05, 3.63) is 38.0 Å². The molecule has 3 atom stereocenters. The van der Waals surface area contributed by atoms with Gasteiger partial charge in [0, 0.05) is 0 Å². The van der Waals surface area contributed by atoms with E-state index in [2.05, 4.69) is 19.7 Å². The topological polar surface area (TPSA) is 54.0 Å². The van der Waals surface area contributed by atoms with Gasteiger partial charge in [-0.3, -0.25) is 4.57 Å². The Bertz CT molecular complexity index is 420. The Kier molecular flexibility index (Phi) is 12.2. The summed E-state index contributed by atoms with van der Waals surface area (Å²) in [5.41, 5.74) is -0.773. The maximum absolute atomic E-state index is 11.6. The molecule has 3 unspecified atom stereocenters. The van der Waals surface area contributed by atoms with E-state index in [1.54, 1.807) is 18.2 Å². The van der Waals surface area contributed by atoms with Gasteiger partial charge in [0.25, 0.3) is 0 Å². The van der Waals surface area contributed by atoms with Crippen LogP contribution in [0.25, 0.3) is 0 Å². The normalized spacial score (nSPS) is 18.0. The molecule has 0 heterocycles. The van der Waals surface area contributed by atoms with Gasteiger partial charge in [-0.25, -0.2) is 0 Å². The van der Waals surface area contributed by atoms with E-state index in [9.17, 15) is 4.57 Å². The first-order valence-electron chi connectivity index (χ1n) is 7.94. The smallest absolute Gasteiger partial charge is 0.374 e. The molecule has 0 saturated heterocycles. The summed E-state index contributed by atoms with van der Waals surface area (Å²) in [7, 11) is 0. The average molecular weight is 415 g/mol. The summed E-state index contributed by atoms with van der Waals surface area (Å²) in [5, 5.41) is 0. The zero-order valence-electron chi connectivity index (χ0n) is 15.2. The zero-order chi connectivity index (χ0) is 19.5. The van der Waals surface area contributed by atoms with Crippen molar-refractivity contribution in [1.82, 2.24) is 0 Å². The third-order valence-corrected chi connectivity index (χ3v) is 4.49.